The SMILES string of the molecule is COC1(C(=O)c2ccc3c(c2)CCO3)CCCCC1. The van der Waals surface area contributed by atoms with Crippen molar-refractivity contribution in [2.45, 2.75) is 44.1 Å². The molecule has 1 aromatic rings. The number of hydrogen-bond acceptors (Lipinski definition) is 3. The molecule has 1 fully saturated rings. The maximum atomic E-state index is 12.8. The molecule has 2 aliphatic rings. The van der Waals surface area contributed by atoms with Gasteiger partial charge < -0.3 is 9.47 Å². The molecule has 0 atom stereocenters. The first kappa shape index (κ1) is 12.7. The Hall–Kier alpha value is -1.35. The summed E-state index contributed by atoms with van der Waals surface area (Å²) in [7, 11) is 1.67. The summed E-state index contributed by atoms with van der Waals surface area (Å²) in [4.78, 5) is 12.8. The summed E-state index contributed by atoms with van der Waals surface area (Å²) in [6.45, 7) is 0.725. The summed E-state index contributed by atoms with van der Waals surface area (Å²) in [5.41, 5.74) is 1.33. The first-order valence-electron chi connectivity index (χ1n) is 7.11. The Bertz CT molecular complexity index is 487. The number of benzene rings is 1. The van der Waals surface area contributed by atoms with Crippen molar-refractivity contribution in [3.63, 3.8) is 0 Å². The number of fused-ring (bicyclic) bond motifs is 1. The van der Waals surface area contributed by atoms with E-state index in [4.69, 9.17) is 9.47 Å². The van der Waals surface area contributed by atoms with Crippen molar-refractivity contribution >= 4 is 5.78 Å². The second-order valence-corrected chi connectivity index (χ2v) is 5.51. The molecule has 0 unspecified atom stereocenters. The zero-order chi connectivity index (χ0) is 13.3. The molecule has 0 aromatic heterocycles. The molecule has 1 saturated carbocycles. The summed E-state index contributed by atoms with van der Waals surface area (Å²) in [6.07, 6.45) is 5.94. The first-order valence-corrected chi connectivity index (χ1v) is 7.11. The topological polar surface area (TPSA) is 35.5 Å². The minimum absolute atomic E-state index is 0.143. The Morgan fingerprint density at radius 3 is 2.79 bits per heavy atom. The lowest BCUT2D eigenvalue weighted by Crippen LogP contribution is -2.42. The van der Waals surface area contributed by atoms with Crippen LogP contribution in [0, 0.1) is 0 Å². The largest absolute Gasteiger partial charge is 0.493 e. The van der Waals surface area contributed by atoms with Crippen molar-refractivity contribution in [2.24, 2.45) is 0 Å². The van der Waals surface area contributed by atoms with Gasteiger partial charge in [-0.3, -0.25) is 4.79 Å². The quantitative estimate of drug-likeness (QED) is 0.783. The molecule has 0 bridgehead atoms. The lowest BCUT2D eigenvalue weighted by atomic mass is 9.79. The molecular weight excluding hydrogens is 240 g/mol. The van der Waals surface area contributed by atoms with Crippen LogP contribution in [0.2, 0.25) is 0 Å². The van der Waals surface area contributed by atoms with Gasteiger partial charge in [0.25, 0.3) is 0 Å². The minimum Gasteiger partial charge on any atom is -0.493 e. The molecule has 0 N–H and O–H groups in total. The van der Waals surface area contributed by atoms with E-state index in [1.165, 1.54) is 6.42 Å². The van der Waals surface area contributed by atoms with Gasteiger partial charge in [-0.1, -0.05) is 19.3 Å². The van der Waals surface area contributed by atoms with Crippen molar-refractivity contribution in [3.8, 4) is 5.75 Å². The third-order valence-electron chi connectivity index (χ3n) is 4.42. The lowest BCUT2D eigenvalue weighted by molar-refractivity contribution is -0.0194. The van der Waals surface area contributed by atoms with Gasteiger partial charge >= 0.3 is 0 Å². The highest BCUT2D eigenvalue weighted by molar-refractivity contribution is 6.02. The predicted octanol–water partition coefficient (Wildman–Crippen LogP) is 3.15. The molecule has 0 saturated heterocycles. The number of methoxy groups -OCH3 is 1. The Morgan fingerprint density at radius 1 is 1.26 bits per heavy atom. The highest BCUT2D eigenvalue weighted by Gasteiger charge is 2.40. The van der Waals surface area contributed by atoms with E-state index in [2.05, 4.69) is 0 Å². The van der Waals surface area contributed by atoms with Crippen molar-refractivity contribution in [2.75, 3.05) is 13.7 Å². The number of ether oxygens (including phenoxy) is 2. The standard InChI is InChI=1S/C16H20O3/c1-18-16(8-3-2-4-9-16)15(17)13-5-6-14-12(11-13)7-10-19-14/h5-6,11H,2-4,7-10H2,1H3. The molecule has 1 aliphatic carbocycles. The molecule has 0 radical (unpaired) electrons. The molecule has 3 nitrogen and oxygen atoms in total. The number of Topliss-reactive ketones (excluding diaryl/α,β-unsaturated/α-hetero) is 1. The molecule has 3 heteroatoms. The van der Waals surface area contributed by atoms with E-state index in [-0.39, 0.29) is 5.78 Å². The summed E-state index contributed by atoms with van der Waals surface area (Å²) >= 11 is 0. The van der Waals surface area contributed by atoms with E-state index in [0.29, 0.717) is 0 Å². The average molecular weight is 260 g/mol. The lowest BCUT2D eigenvalue weighted by Gasteiger charge is -2.34. The smallest absolute Gasteiger partial charge is 0.194 e. The van der Waals surface area contributed by atoms with E-state index < -0.39 is 5.60 Å². The van der Waals surface area contributed by atoms with Crippen LogP contribution in [0.3, 0.4) is 0 Å². The van der Waals surface area contributed by atoms with Gasteiger partial charge in [0.1, 0.15) is 11.4 Å². The summed E-state index contributed by atoms with van der Waals surface area (Å²) in [6, 6.07) is 5.78. The fourth-order valence-electron chi connectivity index (χ4n) is 3.24. The van der Waals surface area contributed by atoms with Crippen LogP contribution in [0.5, 0.6) is 5.75 Å². The number of carbonyl (C=O) groups is 1. The third kappa shape index (κ3) is 2.16. The number of hydrogen-bond donors (Lipinski definition) is 0. The van der Waals surface area contributed by atoms with Crippen molar-refractivity contribution in [1.82, 2.24) is 0 Å². The average Bonchev–Trinajstić information content (AvgIpc) is 2.94. The molecular formula is C16H20O3. The van der Waals surface area contributed by atoms with E-state index in [0.717, 1.165) is 55.6 Å². The molecule has 0 spiro atoms. The summed E-state index contributed by atoms with van der Waals surface area (Å²) in [5, 5.41) is 0. The number of carbonyl (C=O) groups excluding carboxylic acids is 1. The van der Waals surface area contributed by atoms with Crippen molar-refractivity contribution in [3.05, 3.63) is 29.3 Å². The van der Waals surface area contributed by atoms with E-state index in [1.807, 2.05) is 18.2 Å². The second-order valence-electron chi connectivity index (χ2n) is 5.51. The van der Waals surface area contributed by atoms with E-state index in [1.54, 1.807) is 7.11 Å². The molecule has 102 valence electrons. The Kier molecular flexibility index (Phi) is 3.31. The fourth-order valence-corrected chi connectivity index (χ4v) is 3.24. The molecule has 1 aliphatic heterocycles. The minimum atomic E-state index is -0.591. The zero-order valence-electron chi connectivity index (χ0n) is 11.4. The van der Waals surface area contributed by atoms with Crippen LogP contribution in [0.25, 0.3) is 0 Å². The van der Waals surface area contributed by atoms with Gasteiger partial charge in [0.15, 0.2) is 5.78 Å². The Labute approximate surface area is 113 Å². The van der Waals surface area contributed by atoms with Gasteiger partial charge in [-0.2, -0.15) is 0 Å². The zero-order valence-corrected chi connectivity index (χ0v) is 11.4. The van der Waals surface area contributed by atoms with Gasteiger partial charge in [-0.05, 0) is 36.6 Å². The Morgan fingerprint density at radius 2 is 2.05 bits per heavy atom. The van der Waals surface area contributed by atoms with Gasteiger partial charge in [0.05, 0.1) is 6.61 Å². The predicted molar refractivity (Wildman–Crippen MR) is 72.8 cm³/mol. The van der Waals surface area contributed by atoms with Crippen LogP contribution in [-0.4, -0.2) is 25.1 Å². The van der Waals surface area contributed by atoms with Gasteiger partial charge in [0, 0.05) is 19.1 Å². The van der Waals surface area contributed by atoms with Gasteiger partial charge in [-0.15, -0.1) is 0 Å². The highest BCUT2D eigenvalue weighted by atomic mass is 16.5. The maximum Gasteiger partial charge on any atom is 0.194 e. The molecule has 0 amide bonds. The van der Waals surface area contributed by atoms with Crippen molar-refractivity contribution in [1.29, 1.82) is 0 Å². The molecule has 19 heavy (non-hydrogen) atoms. The van der Waals surface area contributed by atoms with Gasteiger partial charge in [-0.25, -0.2) is 0 Å². The monoisotopic (exact) mass is 260 g/mol. The van der Waals surface area contributed by atoms with E-state index >= 15 is 0 Å². The van der Waals surface area contributed by atoms with Crippen LogP contribution in [-0.2, 0) is 11.2 Å². The third-order valence-corrected chi connectivity index (χ3v) is 4.42. The van der Waals surface area contributed by atoms with Gasteiger partial charge in [0.2, 0.25) is 0 Å². The van der Waals surface area contributed by atoms with Crippen LogP contribution in [0.1, 0.15) is 48.0 Å². The summed E-state index contributed by atoms with van der Waals surface area (Å²) < 4.78 is 11.1. The highest BCUT2D eigenvalue weighted by Crippen LogP contribution is 2.35. The number of ketones is 1. The van der Waals surface area contributed by atoms with Crippen LogP contribution >= 0.6 is 0 Å². The van der Waals surface area contributed by atoms with Crippen LogP contribution in [0.15, 0.2) is 18.2 Å². The van der Waals surface area contributed by atoms with Crippen LogP contribution in [0.4, 0.5) is 0 Å². The molecule has 3 rings (SSSR count). The van der Waals surface area contributed by atoms with Crippen molar-refractivity contribution < 1.29 is 14.3 Å². The normalized spacial score (nSPS) is 20.7. The molecule has 1 heterocycles. The molecule has 1 aromatic carbocycles. The first-order chi connectivity index (χ1) is 9.25. The summed E-state index contributed by atoms with van der Waals surface area (Å²) in [5.74, 6) is 1.07. The Balaban J connectivity index is 1.90. The fraction of sp³-hybridized carbons (Fsp3) is 0.562. The second kappa shape index (κ2) is 4.97. The number of rotatable bonds is 3. The maximum absolute atomic E-state index is 12.8. The van der Waals surface area contributed by atoms with E-state index in [9.17, 15) is 4.79 Å². The van der Waals surface area contributed by atoms with Crippen LogP contribution < -0.4 is 4.74 Å².